The van der Waals surface area contributed by atoms with Crippen LogP contribution in [0.1, 0.15) is 30.4 Å². The lowest BCUT2D eigenvalue weighted by molar-refractivity contribution is -0.160. The third-order valence-electron chi connectivity index (χ3n) is 6.83. The van der Waals surface area contributed by atoms with Crippen molar-refractivity contribution in [2.75, 3.05) is 20.6 Å². The predicted molar refractivity (Wildman–Crippen MR) is 86.5 cm³/mol. The Morgan fingerprint density at radius 1 is 1.35 bits per heavy atom. The summed E-state index contributed by atoms with van der Waals surface area (Å²) in [6, 6.07) is 3.83. The number of hydrogen-bond donors (Lipinski definition) is 2. The van der Waals surface area contributed by atoms with E-state index in [2.05, 4.69) is 16.9 Å². The highest BCUT2D eigenvalue weighted by molar-refractivity contribution is 5.94. The molecule has 5 rings (SSSR count). The first-order valence-electron chi connectivity index (χ1n) is 8.43. The number of likely N-dealkylation sites (tertiary alicyclic amines) is 1. The lowest BCUT2D eigenvalue weighted by atomic mass is 9.49. The number of aliphatic hydroxyl groups is 1. The van der Waals surface area contributed by atoms with Crippen LogP contribution < -0.4 is 4.74 Å². The molecular formula is C18H22N2O3. The molecule has 5 heteroatoms. The molecule has 122 valence electrons. The van der Waals surface area contributed by atoms with Gasteiger partial charge in [0.15, 0.2) is 11.5 Å². The molecule has 1 aromatic rings. The maximum atomic E-state index is 11.8. The molecule has 2 fully saturated rings. The van der Waals surface area contributed by atoms with Gasteiger partial charge in [-0.1, -0.05) is 6.07 Å². The van der Waals surface area contributed by atoms with Gasteiger partial charge in [-0.2, -0.15) is 0 Å². The van der Waals surface area contributed by atoms with Crippen LogP contribution in [-0.2, 0) is 11.8 Å². The van der Waals surface area contributed by atoms with Crippen LogP contribution in [-0.4, -0.2) is 59.2 Å². The van der Waals surface area contributed by atoms with Crippen molar-refractivity contribution in [3.63, 3.8) is 0 Å². The van der Waals surface area contributed by atoms with Crippen molar-refractivity contribution in [1.82, 2.24) is 4.90 Å². The number of phenolic OH excluding ortho intramolecular Hbond substituents is 1. The zero-order chi connectivity index (χ0) is 16.0. The number of likely N-dealkylation sites (N-methyl/N-ethyl adjacent to an activating group) is 1. The summed E-state index contributed by atoms with van der Waals surface area (Å²) in [5, 5.41) is 22.2. The Labute approximate surface area is 135 Å². The van der Waals surface area contributed by atoms with Gasteiger partial charge in [0, 0.05) is 18.7 Å². The third kappa shape index (κ3) is 1.32. The summed E-state index contributed by atoms with van der Waals surface area (Å²) in [5.41, 5.74) is 2.00. The average Bonchev–Trinajstić information content (AvgIpc) is 2.89. The lowest BCUT2D eigenvalue weighted by Gasteiger charge is -2.62. The molecule has 0 amide bonds. The number of rotatable bonds is 0. The minimum atomic E-state index is -0.815. The first kappa shape index (κ1) is 13.8. The molecule has 4 atom stereocenters. The second-order valence-electron chi connectivity index (χ2n) is 7.51. The number of piperidine rings is 1. The molecule has 0 radical (unpaired) electrons. The van der Waals surface area contributed by atoms with Crippen LogP contribution in [0.2, 0.25) is 0 Å². The number of aromatic hydroxyl groups is 1. The second-order valence-corrected chi connectivity index (χ2v) is 7.51. The molecule has 0 unspecified atom stereocenters. The van der Waals surface area contributed by atoms with Gasteiger partial charge in [0.2, 0.25) is 0 Å². The van der Waals surface area contributed by atoms with E-state index in [1.807, 2.05) is 6.07 Å². The van der Waals surface area contributed by atoms with Gasteiger partial charge in [-0.15, -0.1) is 0 Å². The van der Waals surface area contributed by atoms with E-state index in [1.54, 1.807) is 13.1 Å². The molecule has 1 aromatic carbocycles. The highest BCUT2D eigenvalue weighted by Gasteiger charge is 2.72. The van der Waals surface area contributed by atoms with Crippen molar-refractivity contribution in [1.29, 1.82) is 0 Å². The van der Waals surface area contributed by atoms with Gasteiger partial charge in [-0.05, 0) is 50.9 Å². The quantitative estimate of drug-likeness (QED) is 0.756. The molecule has 2 N–H and O–H groups in total. The van der Waals surface area contributed by atoms with Crippen molar-refractivity contribution >= 4 is 5.71 Å². The van der Waals surface area contributed by atoms with Crippen LogP contribution in [0.25, 0.3) is 0 Å². The molecule has 4 aliphatic rings. The topological polar surface area (TPSA) is 65.3 Å². The lowest BCUT2D eigenvalue weighted by Crippen LogP contribution is -2.76. The van der Waals surface area contributed by atoms with E-state index in [0.29, 0.717) is 12.2 Å². The van der Waals surface area contributed by atoms with Crippen molar-refractivity contribution in [3.05, 3.63) is 23.3 Å². The predicted octanol–water partition coefficient (Wildman–Crippen LogP) is 1.25. The molecule has 23 heavy (non-hydrogen) atoms. The van der Waals surface area contributed by atoms with Gasteiger partial charge >= 0.3 is 0 Å². The van der Waals surface area contributed by atoms with Crippen molar-refractivity contribution in [2.45, 2.75) is 48.8 Å². The highest BCUT2D eigenvalue weighted by Crippen LogP contribution is 2.64. The average molecular weight is 314 g/mol. The van der Waals surface area contributed by atoms with E-state index >= 15 is 0 Å². The van der Waals surface area contributed by atoms with Crippen LogP contribution in [0.5, 0.6) is 11.5 Å². The van der Waals surface area contributed by atoms with E-state index in [9.17, 15) is 10.2 Å². The summed E-state index contributed by atoms with van der Waals surface area (Å²) in [7, 11) is 3.91. The van der Waals surface area contributed by atoms with E-state index in [1.165, 1.54) is 5.56 Å². The Bertz CT molecular complexity index is 746. The second kappa shape index (κ2) is 4.08. The van der Waals surface area contributed by atoms with Gasteiger partial charge in [0.25, 0.3) is 0 Å². The van der Waals surface area contributed by atoms with Gasteiger partial charge in [-0.25, -0.2) is 0 Å². The molecule has 2 bridgehead atoms. The van der Waals surface area contributed by atoms with Gasteiger partial charge in [-0.3, -0.25) is 4.99 Å². The molecule has 2 heterocycles. The van der Waals surface area contributed by atoms with E-state index in [0.717, 1.165) is 37.1 Å². The molecule has 2 aliphatic heterocycles. The SMILES string of the molecule is CN=C1CC[C@@]2(O)[C@H]3Cc4ccc(O)c5c4[C@@]2(CCN3C)[C@H]1O5. The van der Waals surface area contributed by atoms with E-state index in [4.69, 9.17) is 4.74 Å². The summed E-state index contributed by atoms with van der Waals surface area (Å²) in [6.45, 7) is 0.929. The minimum absolute atomic E-state index is 0.101. The molecule has 5 nitrogen and oxygen atoms in total. The summed E-state index contributed by atoms with van der Waals surface area (Å²) in [6.07, 6.45) is 2.87. The van der Waals surface area contributed by atoms with Crippen LogP contribution in [0.4, 0.5) is 0 Å². The fourth-order valence-corrected chi connectivity index (χ4v) is 5.78. The Morgan fingerprint density at radius 3 is 2.96 bits per heavy atom. The van der Waals surface area contributed by atoms with Crippen LogP contribution in [0.15, 0.2) is 17.1 Å². The number of aliphatic imine (C=N–C) groups is 1. The fraction of sp³-hybridized carbons (Fsp3) is 0.611. The number of ether oxygens (including phenoxy) is 1. The van der Waals surface area contributed by atoms with Gasteiger partial charge in [0.05, 0.1) is 16.7 Å². The highest BCUT2D eigenvalue weighted by atomic mass is 16.5. The Kier molecular flexibility index (Phi) is 2.45. The van der Waals surface area contributed by atoms with E-state index < -0.39 is 11.0 Å². The third-order valence-corrected chi connectivity index (χ3v) is 6.83. The maximum absolute atomic E-state index is 11.8. The van der Waals surface area contributed by atoms with Crippen molar-refractivity contribution < 1.29 is 14.9 Å². The zero-order valence-corrected chi connectivity index (χ0v) is 13.5. The van der Waals surface area contributed by atoms with Crippen LogP contribution in [0, 0.1) is 0 Å². The smallest absolute Gasteiger partial charge is 0.166 e. The Balaban J connectivity index is 1.86. The van der Waals surface area contributed by atoms with Crippen LogP contribution >= 0.6 is 0 Å². The van der Waals surface area contributed by atoms with Crippen LogP contribution in [0.3, 0.4) is 0 Å². The molecular weight excluding hydrogens is 292 g/mol. The van der Waals surface area contributed by atoms with Gasteiger partial charge < -0.3 is 19.8 Å². The fourth-order valence-electron chi connectivity index (χ4n) is 5.78. The number of benzene rings is 1. The van der Waals surface area contributed by atoms with E-state index in [-0.39, 0.29) is 17.9 Å². The zero-order valence-electron chi connectivity index (χ0n) is 13.5. The Hall–Kier alpha value is -1.59. The normalized spacial score (nSPS) is 42.5. The standard InChI is InChI=1S/C18H22N2O3/c1-19-11-5-6-18(22)13-9-10-3-4-12(21)15-14(10)17(18,16(11)23-15)7-8-20(13)2/h3-4,13,16,21-22H,5-9H2,1-2H3/t13-,16+,17+,18-/m1/s1. The largest absolute Gasteiger partial charge is 0.504 e. The van der Waals surface area contributed by atoms with Crippen molar-refractivity contribution in [2.24, 2.45) is 4.99 Å². The number of phenols is 1. The molecule has 2 aliphatic carbocycles. The van der Waals surface area contributed by atoms with Gasteiger partial charge in [0.1, 0.15) is 6.10 Å². The monoisotopic (exact) mass is 314 g/mol. The first-order chi connectivity index (χ1) is 11.0. The molecule has 1 saturated carbocycles. The maximum Gasteiger partial charge on any atom is 0.166 e. The summed E-state index contributed by atoms with van der Waals surface area (Å²) < 4.78 is 6.25. The van der Waals surface area contributed by atoms with Crippen molar-refractivity contribution in [3.8, 4) is 11.5 Å². The summed E-state index contributed by atoms with van der Waals surface area (Å²) >= 11 is 0. The summed E-state index contributed by atoms with van der Waals surface area (Å²) in [4.78, 5) is 6.76. The first-order valence-corrected chi connectivity index (χ1v) is 8.43. The molecule has 1 spiro atoms. The molecule has 0 aromatic heterocycles. The number of nitrogens with zero attached hydrogens (tertiary/aromatic N) is 2. The minimum Gasteiger partial charge on any atom is -0.504 e. The number of hydrogen-bond acceptors (Lipinski definition) is 5. The Morgan fingerprint density at radius 2 is 2.17 bits per heavy atom. The summed E-state index contributed by atoms with van der Waals surface area (Å²) in [5.74, 6) is 0.764. The molecule has 1 saturated heterocycles.